The van der Waals surface area contributed by atoms with Crippen LogP contribution in [0.15, 0.2) is 21.7 Å². The van der Waals surface area contributed by atoms with E-state index in [-0.39, 0.29) is 12.3 Å². The summed E-state index contributed by atoms with van der Waals surface area (Å²) in [5.41, 5.74) is 0.848. The number of carbonyl (C=O) groups is 1. The van der Waals surface area contributed by atoms with Crippen LogP contribution in [0.1, 0.15) is 10.4 Å². The minimum absolute atomic E-state index is 0.139. The Labute approximate surface area is 139 Å². The van der Waals surface area contributed by atoms with Crippen molar-refractivity contribution >= 4 is 41.2 Å². The summed E-state index contributed by atoms with van der Waals surface area (Å²) in [5, 5.41) is 0.645. The Morgan fingerprint density at radius 1 is 1.32 bits per heavy atom. The molecule has 0 spiro atoms. The number of aromatic nitrogens is 2. The maximum Gasteiger partial charge on any atom is 0.274 e. The number of fused-ring (bicyclic) bond motifs is 1. The van der Waals surface area contributed by atoms with Crippen molar-refractivity contribution in [1.29, 1.82) is 0 Å². The zero-order valence-electron chi connectivity index (χ0n) is 13.4. The van der Waals surface area contributed by atoms with Gasteiger partial charge >= 0.3 is 0 Å². The number of ether oxygens (including phenoxy) is 1. The van der Waals surface area contributed by atoms with Gasteiger partial charge in [-0.25, -0.2) is 0 Å². The third kappa shape index (κ3) is 3.59. The van der Waals surface area contributed by atoms with E-state index in [1.54, 1.807) is 24.0 Å². The van der Waals surface area contributed by atoms with Gasteiger partial charge in [-0.3, -0.25) is 9.59 Å². The molecule has 2 rings (SSSR count). The average molecular weight is 385 g/mol. The van der Waals surface area contributed by atoms with Crippen LogP contribution in [0.3, 0.4) is 0 Å². The highest BCUT2D eigenvalue weighted by molar-refractivity contribution is 9.10. The normalized spacial score (nSPS) is 12.0. The molecule has 0 aromatic carbocycles. The van der Waals surface area contributed by atoms with E-state index in [1.165, 1.54) is 4.57 Å². The van der Waals surface area contributed by atoms with Crippen LogP contribution in [0.4, 0.5) is 0 Å². The summed E-state index contributed by atoms with van der Waals surface area (Å²) < 4.78 is 9.66. The van der Waals surface area contributed by atoms with Crippen molar-refractivity contribution in [2.75, 3.05) is 6.61 Å². The van der Waals surface area contributed by atoms with Crippen LogP contribution in [0, 0.1) is 0 Å². The Morgan fingerprint density at radius 3 is 2.59 bits per heavy atom. The number of halogens is 1. The predicted molar refractivity (Wildman–Crippen MR) is 94.4 cm³/mol. The number of rotatable bonds is 6. The van der Waals surface area contributed by atoms with Gasteiger partial charge in [-0.15, -0.1) is 0 Å². The summed E-state index contributed by atoms with van der Waals surface area (Å²) in [7, 11) is 0.548. The molecule has 0 aliphatic carbocycles. The fourth-order valence-electron chi connectivity index (χ4n) is 2.25. The van der Waals surface area contributed by atoms with E-state index in [1.807, 2.05) is 0 Å². The van der Waals surface area contributed by atoms with Gasteiger partial charge in [0.25, 0.3) is 5.56 Å². The van der Waals surface area contributed by atoms with Gasteiger partial charge in [-0.05, 0) is 22.0 Å². The molecule has 2 aromatic rings. The molecule has 0 saturated carbocycles. The lowest BCUT2D eigenvalue weighted by Gasteiger charge is -2.15. The summed E-state index contributed by atoms with van der Waals surface area (Å²) in [5.74, 6) is 0. The second kappa shape index (κ2) is 6.52. The lowest BCUT2D eigenvalue weighted by Crippen LogP contribution is -2.22. The lowest BCUT2D eigenvalue weighted by molar-refractivity contribution is 0.0899. The Morgan fingerprint density at radius 2 is 2.00 bits per heavy atom. The standard InChI is InChI=1S/C15H21BrN2O3Si/c1-17-8-12(16)13-11(9-19)7-18(14(13)15(17)20)10-21-5-6-22(2,3)4/h7-9H,5-6,10H2,1-4H3. The highest BCUT2D eigenvalue weighted by Gasteiger charge is 2.16. The largest absolute Gasteiger partial charge is 0.361 e. The topological polar surface area (TPSA) is 53.2 Å². The van der Waals surface area contributed by atoms with Crippen LogP contribution >= 0.6 is 15.9 Å². The number of aldehydes is 1. The zero-order chi connectivity index (χ0) is 16.5. The molecule has 120 valence electrons. The molecular formula is C15H21BrN2O3Si. The first-order valence-corrected chi connectivity index (χ1v) is 11.7. The van der Waals surface area contributed by atoms with Crippen molar-refractivity contribution in [3.05, 3.63) is 32.8 Å². The fraction of sp³-hybridized carbons (Fsp3) is 0.467. The van der Waals surface area contributed by atoms with Crippen LogP contribution in [-0.2, 0) is 18.5 Å². The van der Waals surface area contributed by atoms with E-state index < -0.39 is 8.07 Å². The molecule has 0 N–H and O–H groups in total. The number of pyridine rings is 1. The molecule has 0 atom stereocenters. The Balaban J connectivity index is 2.34. The molecule has 0 amide bonds. The van der Waals surface area contributed by atoms with E-state index in [4.69, 9.17) is 4.74 Å². The quantitative estimate of drug-likeness (QED) is 0.436. The van der Waals surface area contributed by atoms with Crippen LogP contribution in [-0.4, -0.2) is 30.1 Å². The molecule has 0 unspecified atom stereocenters. The minimum atomic E-state index is -1.14. The third-order valence-electron chi connectivity index (χ3n) is 3.53. The molecule has 0 bridgehead atoms. The molecular weight excluding hydrogens is 364 g/mol. The third-order valence-corrected chi connectivity index (χ3v) is 5.84. The SMILES string of the molecule is Cn1cc(Br)c2c(C=O)cn(COCC[Si](C)(C)C)c2c1=O. The molecule has 0 radical (unpaired) electrons. The van der Waals surface area contributed by atoms with Gasteiger partial charge in [0.2, 0.25) is 0 Å². The lowest BCUT2D eigenvalue weighted by atomic mass is 10.2. The molecule has 0 aliphatic rings. The summed E-state index contributed by atoms with van der Waals surface area (Å²) in [4.78, 5) is 23.6. The van der Waals surface area contributed by atoms with Crippen LogP contribution < -0.4 is 5.56 Å². The van der Waals surface area contributed by atoms with E-state index in [9.17, 15) is 9.59 Å². The summed E-state index contributed by atoms with van der Waals surface area (Å²) in [6, 6.07) is 1.06. The maximum atomic E-state index is 12.4. The number of hydrogen-bond donors (Lipinski definition) is 0. The van der Waals surface area contributed by atoms with Gasteiger partial charge in [-0.1, -0.05) is 19.6 Å². The van der Waals surface area contributed by atoms with E-state index >= 15 is 0 Å². The molecule has 5 nitrogen and oxygen atoms in total. The first-order valence-electron chi connectivity index (χ1n) is 7.15. The van der Waals surface area contributed by atoms with Crippen molar-refractivity contribution in [1.82, 2.24) is 9.13 Å². The fourth-order valence-corrected chi connectivity index (χ4v) is 3.73. The van der Waals surface area contributed by atoms with Crippen molar-refractivity contribution in [3.8, 4) is 0 Å². The Bertz CT molecular complexity index is 759. The molecule has 0 saturated heterocycles. The Hall–Kier alpha value is -1.18. The first-order chi connectivity index (χ1) is 10.2. The first kappa shape index (κ1) is 17.2. The van der Waals surface area contributed by atoms with E-state index in [0.29, 0.717) is 23.1 Å². The van der Waals surface area contributed by atoms with Gasteiger partial charge in [0.05, 0.1) is 0 Å². The molecule has 0 fully saturated rings. The maximum absolute atomic E-state index is 12.4. The monoisotopic (exact) mass is 384 g/mol. The van der Waals surface area contributed by atoms with Crippen molar-refractivity contribution < 1.29 is 9.53 Å². The van der Waals surface area contributed by atoms with Gasteiger partial charge in [0.15, 0.2) is 6.29 Å². The second-order valence-electron chi connectivity index (χ2n) is 6.64. The number of hydrogen-bond acceptors (Lipinski definition) is 3. The van der Waals surface area contributed by atoms with Crippen LogP contribution in [0.5, 0.6) is 0 Å². The molecule has 0 aliphatic heterocycles. The van der Waals surface area contributed by atoms with E-state index in [0.717, 1.165) is 16.8 Å². The average Bonchev–Trinajstić information content (AvgIpc) is 2.79. The van der Waals surface area contributed by atoms with Crippen LogP contribution in [0.25, 0.3) is 10.9 Å². The van der Waals surface area contributed by atoms with Gasteiger partial charge in [0, 0.05) is 49.5 Å². The van der Waals surface area contributed by atoms with Gasteiger partial charge in [-0.2, -0.15) is 0 Å². The number of carbonyl (C=O) groups excluding carboxylic acids is 1. The number of aryl methyl sites for hydroxylation is 1. The number of nitrogens with zero attached hydrogens (tertiary/aromatic N) is 2. The highest BCUT2D eigenvalue weighted by Crippen LogP contribution is 2.25. The molecule has 7 heteroatoms. The van der Waals surface area contributed by atoms with Crippen LogP contribution in [0.2, 0.25) is 25.7 Å². The zero-order valence-corrected chi connectivity index (χ0v) is 15.9. The van der Waals surface area contributed by atoms with Gasteiger partial charge < -0.3 is 13.9 Å². The van der Waals surface area contributed by atoms with E-state index in [2.05, 4.69) is 35.6 Å². The smallest absolute Gasteiger partial charge is 0.274 e. The minimum Gasteiger partial charge on any atom is -0.361 e. The summed E-state index contributed by atoms with van der Waals surface area (Å²) in [6.07, 6.45) is 4.12. The molecule has 22 heavy (non-hydrogen) atoms. The Kier molecular flexibility index (Phi) is 5.09. The van der Waals surface area contributed by atoms with Crippen molar-refractivity contribution in [2.45, 2.75) is 32.4 Å². The van der Waals surface area contributed by atoms with Crippen molar-refractivity contribution in [3.63, 3.8) is 0 Å². The van der Waals surface area contributed by atoms with Gasteiger partial charge in [0.1, 0.15) is 12.2 Å². The second-order valence-corrected chi connectivity index (χ2v) is 13.1. The molecule has 2 aromatic heterocycles. The predicted octanol–water partition coefficient (Wildman–Crippen LogP) is 3.23. The van der Waals surface area contributed by atoms with Crippen molar-refractivity contribution in [2.24, 2.45) is 7.05 Å². The molecule has 2 heterocycles. The summed E-state index contributed by atoms with van der Waals surface area (Å²) >= 11 is 3.43. The highest BCUT2D eigenvalue weighted by atomic mass is 79.9. The summed E-state index contributed by atoms with van der Waals surface area (Å²) in [6.45, 7) is 7.82.